The number of anilines is 2. The molecule has 0 atom stereocenters. The quantitative estimate of drug-likeness (QED) is 0.593. The fourth-order valence-electron chi connectivity index (χ4n) is 3.34. The van der Waals surface area contributed by atoms with Crippen LogP contribution in [0.15, 0.2) is 60.7 Å². The van der Waals surface area contributed by atoms with Gasteiger partial charge in [0.05, 0.1) is 0 Å². The predicted molar refractivity (Wildman–Crippen MR) is 115 cm³/mol. The summed E-state index contributed by atoms with van der Waals surface area (Å²) >= 11 is 0. The zero-order chi connectivity index (χ0) is 18.8. The molecule has 2 nitrogen and oxygen atoms in total. The zero-order valence-corrected chi connectivity index (χ0v) is 16.7. The molecular weight excluding hydrogens is 316 g/mol. The SMILES string of the molecule is Cc1cc(-c2ccc(N(C)C)cc2)c(C)c(-c2ccc(N(C)C)cc2)c1. The topological polar surface area (TPSA) is 6.48 Å². The van der Waals surface area contributed by atoms with Crippen molar-refractivity contribution < 1.29 is 0 Å². The smallest absolute Gasteiger partial charge is 0.0361 e. The van der Waals surface area contributed by atoms with Crippen LogP contribution in [-0.2, 0) is 0 Å². The molecule has 0 aliphatic rings. The molecule has 3 aromatic rings. The van der Waals surface area contributed by atoms with E-state index in [9.17, 15) is 0 Å². The Morgan fingerprint density at radius 3 is 1.19 bits per heavy atom. The molecule has 0 spiro atoms. The van der Waals surface area contributed by atoms with Crippen LogP contribution in [0.1, 0.15) is 11.1 Å². The summed E-state index contributed by atoms with van der Waals surface area (Å²) in [7, 11) is 8.29. The Labute approximate surface area is 157 Å². The van der Waals surface area contributed by atoms with Crippen LogP contribution in [0, 0.1) is 13.8 Å². The average molecular weight is 345 g/mol. The van der Waals surface area contributed by atoms with Crippen molar-refractivity contribution in [2.24, 2.45) is 0 Å². The molecule has 0 fully saturated rings. The lowest BCUT2D eigenvalue weighted by Gasteiger charge is -2.17. The summed E-state index contributed by atoms with van der Waals surface area (Å²) in [5, 5.41) is 0. The highest BCUT2D eigenvalue weighted by Gasteiger charge is 2.10. The van der Waals surface area contributed by atoms with Crippen molar-refractivity contribution in [2.45, 2.75) is 13.8 Å². The maximum atomic E-state index is 2.29. The van der Waals surface area contributed by atoms with Crippen LogP contribution >= 0.6 is 0 Å². The van der Waals surface area contributed by atoms with Gasteiger partial charge in [0, 0.05) is 39.6 Å². The van der Waals surface area contributed by atoms with Crippen molar-refractivity contribution in [1.29, 1.82) is 0 Å². The first-order valence-electron chi connectivity index (χ1n) is 9.03. The van der Waals surface area contributed by atoms with Crippen molar-refractivity contribution in [1.82, 2.24) is 0 Å². The summed E-state index contributed by atoms with van der Waals surface area (Å²) in [6, 6.07) is 22.2. The predicted octanol–water partition coefficient (Wildman–Crippen LogP) is 5.77. The first-order chi connectivity index (χ1) is 12.4. The molecule has 0 saturated carbocycles. The Morgan fingerprint density at radius 2 is 0.885 bits per heavy atom. The third-order valence-corrected chi connectivity index (χ3v) is 4.94. The van der Waals surface area contributed by atoms with Gasteiger partial charge in [-0.3, -0.25) is 0 Å². The molecule has 3 aromatic carbocycles. The molecule has 0 saturated heterocycles. The van der Waals surface area contributed by atoms with Gasteiger partial charge in [0.15, 0.2) is 0 Å². The van der Waals surface area contributed by atoms with E-state index in [1.807, 2.05) is 0 Å². The fraction of sp³-hybridized carbons (Fsp3) is 0.250. The highest BCUT2D eigenvalue weighted by Crippen LogP contribution is 2.34. The average Bonchev–Trinajstić information content (AvgIpc) is 2.63. The van der Waals surface area contributed by atoms with Gasteiger partial charge >= 0.3 is 0 Å². The first kappa shape index (κ1) is 18.1. The van der Waals surface area contributed by atoms with Crippen molar-refractivity contribution in [3.8, 4) is 22.3 Å². The minimum Gasteiger partial charge on any atom is -0.378 e. The van der Waals surface area contributed by atoms with Crippen LogP contribution in [0.25, 0.3) is 22.3 Å². The molecule has 3 rings (SSSR count). The normalized spacial score (nSPS) is 10.7. The second kappa shape index (κ2) is 7.25. The van der Waals surface area contributed by atoms with E-state index in [1.165, 1.54) is 44.8 Å². The minimum absolute atomic E-state index is 1.22. The molecule has 0 aliphatic heterocycles. The summed E-state index contributed by atoms with van der Waals surface area (Å²) < 4.78 is 0. The van der Waals surface area contributed by atoms with E-state index in [-0.39, 0.29) is 0 Å². The standard InChI is InChI=1S/C24H28N2/c1-17-15-23(19-7-11-21(12-8-19)25(3)4)18(2)24(16-17)20-9-13-22(14-10-20)26(5)6/h7-16H,1-6H3. The van der Waals surface area contributed by atoms with E-state index >= 15 is 0 Å². The van der Waals surface area contributed by atoms with E-state index in [0.29, 0.717) is 0 Å². The highest BCUT2D eigenvalue weighted by atomic mass is 15.1. The maximum absolute atomic E-state index is 2.29. The number of benzene rings is 3. The van der Waals surface area contributed by atoms with Crippen LogP contribution in [0.4, 0.5) is 11.4 Å². The second-order valence-electron chi connectivity index (χ2n) is 7.37. The summed E-state index contributed by atoms with van der Waals surface area (Å²) in [5.41, 5.74) is 10.2. The zero-order valence-electron chi connectivity index (χ0n) is 16.7. The number of rotatable bonds is 4. The Morgan fingerprint density at radius 1 is 0.538 bits per heavy atom. The van der Waals surface area contributed by atoms with Crippen molar-refractivity contribution in [2.75, 3.05) is 38.0 Å². The third kappa shape index (κ3) is 3.60. The van der Waals surface area contributed by atoms with E-state index in [2.05, 4.69) is 113 Å². The molecule has 0 heterocycles. The largest absolute Gasteiger partial charge is 0.378 e. The number of hydrogen-bond donors (Lipinski definition) is 0. The Kier molecular flexibility index (Phi) is 5.03. The van der Waals surface area contributed by atoms with Crippen molar-refractivity contribution in [3.63, 3.8) is 0 Å². The van der Waals surface area contributed by atoms with Gasteiger partial charge in [-0.2, -0.15) is 0 Å². The van der Waals surface area contributed by atoms with Gasteiger partial charge in [-0.05, 0) is 71.5 Å². The van der Waals surface area contributed by atoms with E-state index in [1.54, 1.807) is 0 Å². The first-order valence-corrected chi connectivity index (χ1v) is 9.03. The maximum Gasteiger partial charge on any atom is 0.0361 e. The molecule has 2 heteroatoms. The number of hydrogen-bond acceptors (Lipinski definition) is 2. The molecule has 0 aliphatic carbocycles. The van der Waals surface area contributed by atoms with Crippen molar-refractivity contribution in [3.05, 3.63) is 71.8 Å². The summed E-state index contributed by atoms with van der Waals surface area (Å²) in [6.45, 7) is 4.40. The number of nitrogens with zero attached hydrogens (tertiary/aromatic N) is 2. The minimum atomic E-state index is 1.22. The van der Waals surface area contributed by atoms with Gasteiger partial charge in [0.2, 0.25) is 0 Å². The van der Waals surface area contributed by atoms with E-state index in [0.717, 1.165) is 0 Å². The lowest BCUT2D eigenvalue weighted by atomic mass is 9.90. The van der Waals surface area contributed by atoms with Crippen LogP contribution < -0.4 is 9.80 Å². The molecule has 0 amide bonds. The lowest BCUT2D eigenvalue weighted by molar-refractivity contribution is 1.13. The van der Waals surface area contributed by atoms with Gasteiger partial charge in [0.1, 0.15) is 0 Å². The second-order valence-corrected chi connectivity index (χ2v) is 7.37. The summed E-state index contributed by atoms with van der Waals surface area (Å²) in [6.07, 6.45) is 0. The van der Waals surface area contributed by atoms with Gasteiger partial charge in [-0.1, -0.05) is 36.4 Å². The fourth-order valence-corrected chi connectivity index (χ4v) is 3.34. The summed E-state index contributed by atoms with van der Waals surface area (Å²) in [5.74, 6) is 0. The van der Waals surface area contributed by atoms with Gasteiger partial charge < -0.3 is 9.80 Å². The molecule has 0 radical (unpaired) electrons. The Balaban J connectivity index is 2.06. The third-order valence-electron chi connectivity index (χ3n) is 4.94. The van der Waals surface area contributed by atoms with Crippen LogP contribution in [0.2, 0.25) is 0 Å². The van der Waals surface area contributed by atoms with Crippen molar-refractivity contribution >= 4 is 11.4 Å². The van der Waals surface area contributed by atoms with Crippen LogP contribution in [0.3, 0.4) is 0 Å². The van der Waals surface area contributed by atoms with Crippen LogP contribution in [0.5, 0.6) is 0 Å². The molecule has 26 heavy (non-hydrogen) atoms. The number of aryl methyl sites for hydroxylation is 1. The van der Waals surface area contributed by atoms with Gasteiger partial charge in [0.25, 0.3) is 0 Å². The molecular formula is C24H28N2. The van der Waals surface area contributed by atoms with E-state index in [4.69, 9.17) is 0 Å². The van der Waals surface area contributed by atoms with Gasteiger partial charge in [-0.15, -0.1) is 0 Å². The lowest BCUT2D eigenvalue weighted by Crippen LogP contribution is -2.08. The molecule has 0 N–H and O–H groups in total. The van der Waals surface area contributed by atoms with Crippen LogP contribution in [-0.4, -0.2) is 28.2 Å². The molecule has 0 aromatic heterocycles. The monoisotopic (exact) mass is 344 g/mol. The Hall–Kier alpha value is -2.74. The summed E-state index contributed by atoms with van der Waals surface area (Å²) in [4.78, 5) is 4.26. The highest BCUT2D eigenvalue weighted by molar-refractivity contribution is 5.80. The van der Waals surface area contributed by atoms with E-state index < -0.39 is 0 Å². The Bertz CT molecular complexity index is 816. The molecule has 134 valence electrons. The van der Waals surface area contributed by atoms with Gasteiger partial charge in [-0.25, -0.2) is 0 Å². The molecule has 0 unspecified atom stereocenters. The molecule has 0 bridgehead atoms.